The zero-order valence-electron chi connectivity index (χ0n) is 18.8. The average molecular weight is 441 g/mol. The van der Waals surface area contributed by atoms with Gasteiger partial charge in [0.2, 0.25) is 0 Å². The van der Waals surface area contributed by atoms with E-state index in [2.05, 4.69) is 0 Å². The van der Waals surface area contributed by atoms with E-state index < -0.39 is 23.5 Å². The first-order valence-electron chi connectivity index (χ1n) is 10.6. The third kappa shape index (κ3) is 5.16. The third-order valence-corrected chi connectivity index (χ3v) is 5.23. The molecule has 6 nitrogen and oxygen atoms in total. The van der Waals surface area contributed by atoms with Crippen molar-refractivity contribution in [3.63, 3.8) is 0 Å². The van der Waals surface area contributed by atoms with E-state index >= 15 is 0 Å². The monoisotopic (exact) mass is 440 g/mol. The summed E-state index contributed by atoms with van der Waals surface area (Å²) >= 11 is 0. The number of benzene rings is 2. The fraction of sp³-hybridized carbons (Fsp3) is 0.360. The van der Waals surface area contributed by atoms with Crippen molar-refractivity contribution in [1.82, 2.24) is 9.80 Å². The number of hydrogen-bond donors (Lipinski definition) is 1. The first kappa shape index (κ1) is 23.5. The quantitative estimate of drug-likeness (QED) is 0.382. The summed E-state index contributed by atoms with van der Waals surface area (Å²) in [5, 5.41) is 11.0. The van der Waals surface area contributed by atoms with Crippen LogP contribution in [0.25, 0.3) is 5.76 Å². The number of carbonyl (C=O) groups excluding carboxylic acids is 2. The molecule has 1 fully saturated rings. The molecule has 3 rings (SSSR count). The van der Waals surface area contributed by atoms with E-state index in [1.165, 1.54) is 29.2 Å². The Balaban J connectivity index is 2.05. The number of aliphatic hydroxyl groups excluding tert-OH is 1. The molecule has 0 saturated carbocycles. The van der Waals surface area contributed by atoms with E-state index in [0.29, 0.717) is 24.3 Å². The van der Waals surface area contributed by atoms with Crippen LogP contribution < -0.4 is 4.74 Å². The molecule has 1 saturated heterocycles. The van der Waals surface area contributed by atoms with Crippen LogP contribution in [0.15, 0.2) is 54.1 Å². The maximum atomic E-state index is 13.4. The van der Waals surface area contributed by atoms with Crippen molar-refractivity contribution in [3.05, 3.63) is 71.0 Å². The molecule has 1 N–H and O–H groups in total. The van der Waals surface area contributed by atoms with Crippen LogP contribution in [-0.2, 0) is 9.59 Å². The fourth-order valence-electron chi connectivity index (χ4n) is 3.78. The highest BCUT2D eigenvalue weighted by Crippen LogP contribution is 2.40. The lowest BCUT2D eigenvalue weighted by Crippen LogP contribution is -2.32. The smallest absolute Gasteiger partial charge is 0.295 e. The van der Waals surface area contributed by atoms with Gasteiger partial charge in [0.05, 0.1) is 17.7 Å². The molecular formula is C25H29FN2O4. The zero-order valence-corrected chi connectivity index (χ0v) is 18.8. The topological polar surface area (TPSA) is 70.1 Å². The van der Waals surface area contributed by atoms with Crippen LogP contribution >= 0.6 is 0 Å². The second kappa shape index (κ2) is 9.96. The van der Waals surface area contributed by atoms with Gasteiger partial charge in [0.1, 0.15) is 17.3 Å². The maximum Gasteiger partial charge on any atom is 0.295 e. The molecule has 1 amide bonds. The van der Waals surface area contributed by atoms with E-state index in [1.807, 2.05) is 32.8 Å². The van der Waals surface area contributed by atoms with Gasteiger partial charge in [-0.1, -0.05) is 12.1 Å². The van der Waals surface area contributed by atoms with Crippen molar-refractivity contribution in [3.8, 4) is 5.75 Å². The summed E-state index contributed by atoms with van der Waals surface area (Å²) in [6.07, 6.45) is 0.678. The van der Waals surface area contributed by atoms with Gasteiger partial charge in [-0.3, -0.25) is 9.59 Å². The molecule has 0 radical (unpaired) electrons. The van der Waals surface area contributed by atoms with Gasteiger partial charge in [-0.2, -0.15) is 0 Å². The standard InChI is InChI=1S/C25H29FN2O4/c1-16(2)32-20-12-8-17(9-13-20)22-21(23(29)18-6-10-19(26)11-7-18)24(30)25(31)28(22)15-5-14-27(3)4/h6-13,16,22,29H,5,14-15H2,1-4H3/t22-/m0/s1. The van der Waals surface area contributed by atoms with Crippen LogP contribution in [0.5, 0.6) is 5.75 Å². The van der Waals surface area contributed by atoms with Gasteiger partial charge in [0.25, 0.3) is 11.7 Å². The number of carbonyl (C=O) groups is 2. The highest BCUT2D eigenvalue weighted by atomic mass is 19.1. The Morgan fingerprint density at radius 1 is 1.09 bits per heavy atom. The summed E-state index contributed by atoms with van der Waals surface area (Å²) in [6, 6.07) is 11.6. The number of rotatable bonds is 8. The van der Waals surface area contributed by atoms with Crippen LogP contribution in [0.3, 0.4) is 0 Å². The molecule has 1 atom stereocenters. The molecule has 0 aromatic heterocycles. The number of nitrogens with zero attached hydrogens (tertiary/aromatic N) is 2. The van der Waals surface area contributed by atoms with Crippen molar-refractivity contribution in [2.75, 3.05) is 27.2 Å². The van der Waals surface area contributed by atoms with Crippen molar-refractivity contribution < 1.29 is 23.8 Å². The molecule has 2 aromatic rings. The number of ether oxygens (including phenoxy) is 1. The largest absolute Gasteiger partial charge is 0.507 e. The Morgan fingerprint density at radius 3 is 2.28 bits per heavy atom. The summed E-state index contributed by atoms with van der Waals surface area (Å²) < 4.78 is 19.1. The first-order chi connectivity index (χ1) is 15.2. The SMILES string of the molecule is CC(C)Oc1ccc([C@H]2C(=C(O)c3ccc(F)cc3)C(=O)C(=O)N2CCCN(C)C)cc1. The molecule has 0 aliphatic carbocycles. The highest BCUT2D eigenvalue weighted by Gasteiger charge is 2.45. The Hall–Kier alpha value is -3.19. The van der Waals surface area contributed by atoms with Crippen molar-refractivity contribution in [2.24, 2.45) is 0 Å². The summed E-state index contributed by atoms with van der Waals surface area (Å²) in [7, 11) is 3.88. The molecule has 1 aliphatic heterocycles. The predicted octanol–water partition coefficient (Wildman–Crippen LogP) is 3.99. The average Bonchev–Trinajstić information content (AvgIpc) is 2.99. The Bertz CT molecular complexity index is 998. The molecule has 1 aliphatic rings. The van der Waals surface area contributed by atoms with Gasteiger partial charge in [-0.15, -0.1) is 0 Å². The number of Topliss-reactive ketones (excluding diaryl/α,β-unsaturated/α-hetero) is 1. The number of amides is 1. The van der Waals surface area contributed by atoms with Gasteiger partial charge in [-0.05, 0) is 82.9 Å². The lowest BCUT2D eigenvalue weighted by molar-refractivity contribution is -0.139. The van der Waals surface area contributed by atoms with Crippen molar-refractivity contribution in [1.29, 1.82) is 0 Å². The minimum absolute atomic E-state index is 0.00369. The molecule has 0 unspecified atom stereocenters. The summed E-state index contributed by atoms with van der Waals surface area (Å²) in [6.45, 7) is 4.96. The Kier molecular flexibility index (Phi) is 7.30. The third-order valence-electron chi connectivity index (χ3n) is 5.23. The molecule has 2 aromatic carbocycles. The molecule has 32 heavy (non-hydrogen) atoms. The maximum absolute atomic E-state index is 13.4. The molecule has 1 heterocycles. The van der Waals surface area contributed by atoms with E-state index in [9.17, 15) is 19.1 Å². The van der Waals surface area contributed by atoms with E-state index in [1.54, 1.807) is 24.3 Å². The van der Waals surface area contributed by atoms with Gasteiger partial charge in [0, 0.05) is 12.1 Å². The van der Waals surface area contributed by atoms with Gasteiger partial charge >= 0.3 is 0 Å². The van der Waals surface area contributed by atoms with Gasteiger partial charge < -0.3 is 19.6 Å². The van der Waals surface area contributed by atoms with Crippen LogP contribution in [0.4, 0.5) is 4.39 Å². The molecule has 170 valence electrons. The first-order valence-corrected chi connectivity index (χ1v) is 10.6. The molecule has 0 spiro atoms. The van der Waals surface area contributed by atoms with Crippen LogP contribution in [-0.4, -0.2) is 59.9 Å². The number of halogens is 1. The minimum atomic E-state index is -0.746. The molecular weight excluding hydrogens is 411 g/mol. The van der Waals surface area contributed by atoms with Crippen LogP contribution in [0.1, 0.15) is 37.4 Å². The van der Waals surface area contributed by atoms with Gasteiger partial charge in [-0.25, -0.2) is 4.39 Å². The van der Waals surface area contributed by atoms with Gasteiger partial charge in [0.15, 0.2) is 0 Å². The normalized spacial score (nSPS) is 18.1. The van der Waals surface area contributed by atoms with Crippen molar-refractivity contribution >= 4 is 17.4 Å². The summed E-state index contributed by atoms with van der Waals surface area (Å²) in [4.78, 5) is 29.4. The number of hydrogen-bond acceptors (Lipinski definition) is 5. The highest BCUT2D eigenvalue weighted by molar-refractivity contribution is 6.46. The number of ketones is 1. The summed E-state index contributed by atoms with van der Waals surface area (Å²) in [5.74, 6) is -1.50. The minimum Gasteiger partial charge on any atom is -0.507 e. The van der Waals surface area contributed by atoms with Crippen molar-refractivity contribution in [2.45, 2.75) is 32.4 Å². The predicted molar refractivity (Wildman–Crippen MR) is 121 cm³/mol. The van der Waals surface area contributed by atoms with Crippen LogP contribution in [0, 0.1) is 5.82 Å². The fourth-order valence-corrected chi connectivity index (χ4v) is 3.78. The summed E-state index contributed by atoms with van der Waals surface area (Å²) in [5.41, 5.74) is 0.972. The lowest BCUT2D eigenvalue weighted by atomic mass is 9.95. The molecule has 7 heteroatoms. The number of likely N-dealkylation sites (tertiary alicyclic amines) is 1. The van der Waals surface area contributed by atoms with Crippen LogP contribution in [0.2, 0.25) is 0 Å². The van der Waals surface area contributed by atoms with E-state index in [4.69, 9.17) is 4.74 Å². The number of aliphatic hydroxyl groups is 1. The van der Waals surface area contributed by atoms with E-state index in [0.717, 1.165) is 6.54 Å². The lowest BCUT2D eigenvalue weighted by Gasteiger charge is -2.26. The molecule has 0 bridgehead atoms. The second-order valence-corrected chi connectivity index (χ2v) is 8.39. The zero-order chi connectivity index (χ0) is 23.4. The Morgan fingerprint density at radius 2 is 1.72 bits per heavy atom. The van der Waals surface area contributed by atoms with E-state index in [-0.39, 0.29) is 23.0 Å². The second-order valence-electron chi connectivity index (χ2n) is 8.39. The Labute approximate surface area is 187 Å².